The minimum absolute atomic E-state index is 0.170. The number of nitrogens with two attached hydrogens (primary N) is 1. The number of hydrogen-bond acceptors (Lipinski definition) is 2. The van der Waals surface area contributed by atoms with Crippen LogP contribution >= 0.6 is 0 Å². The lowest BCUT2D eigenvalue weighted by Gasteiger charge is -2.26. The van der Waals surface area contributed by atoms with Crippen LogP contribution in [0.15, 0.2) is 0 Å². The van der Waals surface area contributed by atoms with E-state index >= 15 is 0 Å². The molecule has 0 spiro atoms. The minimum Gasteiger partial charge on any atom is -0.381 e. The molecular formula is C9H17NO2. The average molecular weight is 171 g/mol. The summed E-state index contributed by atoms with van der Waals surface area (Å²) in [6, 6.07) is 0. The average Bonchev–Trinajstić information content (AvgIpc) is 2.05. The number of hydrogen-bond donors (Lipinski definition) is 1. The second kappa shape index (κ2) is 4.45. The third kappa shape index (κ3) is 2.81. The van der Waals surface area contributed by atoms with Gasteiger partial charge in [-0.25, -0.2) is 0 Å². The molecule has 3 heteroatoms. The maximum Gasteiger partial charge on any atom is 0.217 e. The van der Waals surface area contributed by atoms with Gasteiger partial charge in [0.15, 0.2) is 0 Å². The molecule has 0 radical (unpaired) electrons. The first-order valence-corrected chi connectivity index (χ1v) is 4.53. The molecule has 1 fully saturated rings. The van der Waals surface area contributed by atoms with E-state index in [-0.39, 0.29) is 5.91 Å². The van der Waals surface area contributed by atoms with E-state index in [9.17, 15) is 4.79 Å². The summed E-state index contributed by atoms with van der Waals surface area (Å²) in [5, 5.41) is 0. The van der Waals surface area contributed by atoms with Crippen molar-refractivity contribution in [3.8, 4) is 0 Å². The first-order chi connectivity index (χ1) is 5.72. The third-order valence-electron chi connectivity index (χ3n) is 2.62. The molecule has 0 heterocycles. The lowest BCUT2D eigenvalue weighted by Crippen LogP contribution is -2.24. The highest BCUT2D eigenvalue weighted by molar-refractivity contribution is 5.73. The number of carbonyl (C=O) groups excluding carboxylic acids is 1. The zero-order chi connectivity index (χ0) is 8.97. The van der Waals surface area contributed by atoms with Gasteiger partial charge in [0.1, 0.15) is 0 Å². The van der Waals surface area contributed by atoms with Gasteiger partial charge in [0.25, 0.3) is 0 Å². The number of primary amides is 1. The SMILES string of the molecule is COC1CCC(CC(N)=O)CC1. The Balaban J connectivity index is 2.21. The van der Waals surface area contributed by atoms with Gasteiger partial charge < -0.3 is 10.5 Å². The number of amides is 1. The van der Waals surface area contributed by atoms with Gasteiger partial charge in [0, 0.05) is 13.5 Å². The molecule has 0 aromatic rings. The van der Waals surface area contributed by atoms with E-state index in [2.05, 4.69) is 0 Å². The molecule has 0 atom stereocenters. The quantitative estimate of drug-likeness (QED) is 0.690. The van der Waals surface area contributed by atoms with Crippen LogP contribution in [0.1, 0.15) is 32.1 Å². The second-order valence-electron chi connectivity index (χ2n) is 3.55. The van der Waals surface area contributed by atoms with Crippen LogP contribution < -0.4 is 5.73 Å². The van der Waals surface area contributed by atoms with Crippen LogP contribution in [0.4, 0.5) is 0 Å². The van der Waals surface area contributed by atoms with E-state index in [0.29, 0.717) is 18.4 Å². The maximum atomic E-state index is 10.6. The van der Waals surface area contributed by atoms with E-state index < -0.39 is 0 Å². The fourth-order valence-corrected chi connectivity index (χ4v) is 1.86. The molecule has 0 aliphatic heterocycles. The van der Waals surface area contributed by atoms with Crippen LogP contribution in [0.3, 0.4) is 0 Å². The molecule has 1 saturated carbocycles. The Bertz CT molecular complexity index is 151. The molecule has 1 aliphatic carbocycles. The molecular weight excluding hydrogens is 154 g/mol. The highest BCUT2D eigenvalue weighted by Gasteiger charge is 2.21. The van der Waals surface area contributed by atoms with Crippen molar-refractivity contribution in [2.75, 3.05) is 7.11 Å². The molecule has 0 unspecified atom stereocenters. The van der Waals surface area contributed by atoms with Gasteiger partial charge in [0.2, 0.25) is 5.91 Å². The fourth-order valence-electron chi connectivity index (χ4n) is 1.86. The summed E-state index contributed by atoms with van der Waals surface area (Å²) in [5.41, 5.74) is 5.12. The van der Waals surface area contributed by atoms with Crippen molar-refractivity contribution in [1.29, 1.82) is 0 Å². The first-order valence-electron chi connectivity index (χ1n) is 4.53. The highest BCUT2D eigenvalue weighted by Crippen LogP contribution is 2.27. The Morgan fingerprint density at radius 3 is 2.42 bits per heavy atom. The Morgan fingerprint density at radius 1 is 1.42 bits per heavy atom. The van der Waals surface area contributed by atoms with Crippen molar-refractivity contribution in [3.63, 3.8) is 0 Å². The summed E-state index contributed by atoms with van der Waals surface area (Å²) in [6.07, 6.45) is 5.29. The van der Waals surface area contributed by atoms with E-state index in [1.807, 2.05) is 0 Å². The standard InChI is InChI=1S/C9H17NO2/c1-12-8-4-2-7(3-5-8)6-9(10)11/h7-8H,2-6H2,1H3,(H2,10,11). The number of rotatable bonds is 3. The first kappa shape index (κ1) is 9.52. The van der Waals surface area contributed by atoms with Gasteiger partial charge in [-0.15, -0.1) is 0 Å². The molecule has 3 nitrogen and oxygen atoms in total. The molecule has 12 heavy (non-hydrogen) atoms. The normalized spacial score (nSPS) is 30.1. The van der Waals surface area contributed by atoms with E-state index in [4.69, 9.17) is 10.5 Å². The lowest BCUT2D eigenvalue weighted by molar-refractivity contribution is -0.119. The Kier molecular flexibility index (Phi) is 3.53. The molecule has 1 aliphatic rings. The molecule has 0 saturated heterocycles. The molecule has 0 aromatic heterocycles. The zero-order valence-corrected chi connectivity index (χ0v) is 7.58. The van der Waals surface area contributed by atoms with Crippen LogP contribution in [0, 0.1) is 5.92 Å². The van der Waals surface area contributed by atoms with Crippen LogP contribution in [-0.4, -0.2) is 19.1 Å². The van der Waals surface area contributed by atoms with Crippen LogP contribution in [0.5, 0.6) is 0 Å². The molecule has 0 aromatic carbocycles. The Hall–Kier alpha value is -0.570. The molecule has 2 N–H and O–H groups in total. The highest BCUT2D eigenvalue weighted by atomic mass is 16.5. The summed E-state index contributed by atoms with van der Waals surface area (Å²) in [6.45, 7) is 0. The van der Waals surface area contributed by atoms with Crippen molar-refractivity contribution in [2.45, 2.75) is 38.2 Å². The predicted octanol–water partition coefficient (Wildman–Crippen LogP) is 1.07. The summed E-state index contributed by atoms with van der Waals surface area (Å²) >= 11 is 0. The largest absolute Gasteiger partial charge is 0.381 e. The van der Waals surface area contributed by atoms with Gasteiger partial charge in [-0.05, 0) is 31.6 Å². The fraction of sp³-hybridized carbons (Fsp3) is 0.889. The topological polar surface area (TPSA) is 52.3 Å². The zero-order valence-electron chi connectivity index (χ0n) is 7.58. The van der Waals surface area contributed by atoms with E-state index in [0.717, 1.165) is 25.7 Å². The van der Waals surface area contributed by atoms with Crippen LogP contribution in [-0.2, 0) is 9.53 Å². The van der Waals surface area contributed by atoms with Crippen LogP contribution in [0.25, 0.3) is 0 Å². The van der Waals surface area contributed by atoms with Gasteiger partial charge in [-0.2, -0.15) is 0 Å². The van der Waals surface area contributed by atoms with Crippen molar-refractivity contribution < 1.29 is 9.53 Å². The summed E-state index contributed by atoms with van der Waals surface area (Å²) in [7, 11) is 1.75. The van der Waals surface area contributed by atoms with Gasteiger partial charge in [-0.3, -0.25) is 4.79 Å². The second-order valence-corrected chi connectivity index (χ2v) is 3.55. The number of carbonyl (C=O) groups is 1. The van der Waals surface area contributed by atoms with Crippen molar-refractivity contribution in [1.82, 2.24) is 0 Å². The van der Waals surface area contributed by atoms with Crippen molar-refractivity contribution in [2.24, 2.45) is 11.7 Å². The van der Waals surface area contributed by atoms with E-state index in [1.54, 1.807) is 7.11 Å². The van der Waals surface area contributed by atoms with Crippen molar-refractivity contribution >= 4 is 5.91 Å². The summed E-state index contributed by atoms with van der Waals surface area (Å²) in [5.74, 6) is 0.338. The predicted molar refractivity (Wildman–Crippen MR) is 46.6 cm³/mol. The van der Waals surface area contributed by atoms with Gasteiger partial charge >= 0.3 is 0 Å². The molecule has 1 rings (SSSR count). The summed E-state index contributed by atoms with van der Waals surface area (Å²) < 4.78 is 5.23. The monoisotopic (exact) mass is 171 g/mol. The Labute approximate surface area is 73.3 Å². The molecule has 1 amide bonds. The smallest absolute Gasteiger partial charge is 0.217 e. The Morgan fingerprint density at radius 2 is 2.00 bits per heavy atom. The minimum atomic E-state index is -0.170. The van der Waals surface area contributed by atoms with Gasteiger partial charge in [0.05, 0.1) is 6.10 Å². The van der Waals surface area contributed by atoms with Gasteiger partial charge in [-0.1, -0.05) is 0 Å². The molecule has 0 bridgehead atoms. The number of ether oxygens (including phenoxy) is 1. The molecule has 70 valence electrons. The maximum absolute atomic E-state index is 10.6. The van der Waals surface area contributed by atoms with E-state index in [1.165, 1.54) is 0 Å². The summed E-state index contributed by atoms with van der Waals surface area (Å²) in [4.78, 5) is 10.6. The van der Waals surface area contributed by atoms with Crippen molar-refractivity contribution in [3.05, 3.63) is 0 Å². The van der Waals surface area contributed by atoms with Crippen LogP contribution in [0.2, 0.25) is 0 Å². The third-order valence-corrected chi connectivity index (χ3v) is 2.62. The lowest BCUT2D eigenvalue weighted by atomic mass is 9.85. The number of methoxy groups -OCH3 is 1.